The molecule has 5 rings (SSSR count). The molecule has 34 heavy (non-hydrogen) atoms. The van der Waals surface area contributed by atoms with Crippen molar-refractivity contribution in [3.63, 3.8) is 0 Å². The van der Waals surface area contributed by atoms with Crippen molar-refractivity contribution in [2.45, 2.75) is 32.9 Å². The fourth-order valence-corrected chi connectivity index (χ4v) is 5.54. The van der Waals surface area contributed by atoms with E-state index in [0.29, 0.717) is 15.8 Å². The van der Waals surface area contributed by atoms with Crippen molar-refractivity contribution in [2.24, 2.45) is 0 Å². The normalized spacial score (nSPS) is 17.8. The maximum atomic E-state index is 10.8. The van der Waals surface area contributed by atoms with E-state index >= 15 is 0 Å². The van der Waals surface area contributed by atoms with E-state index in [0.717, 1.165) is 33.9 Å². The van der Waals surface area contributed by atoms with E-state index in [2.05, 4.69) is 41.7 Å². The average Bonchev–Trinajstić information content (AvgIpc) is 3.27. The number of thiocarbonyl (C=S) groups is 1. The minimum atomic E-state index is -0.213. The Morgan fingerprint density at radius 1 is 0.971 bits per heavy atom. The number of phenols is 1. The Morgan fingerprint density at radius 2 is 1.74 bits per heavy atom. The Balaban J connectivity index is 1.75. The summed E-state index contributed by atoms with van der Waals surface area (Å²) in [4.78, 5) is 6.66. The van der Waals surface area contributed by atoms with Gasteiger partial charge in [0.15, 0.2) is 5.11 Å². The van der Waals surface area contributed by atoms with Crippen LogP contribution in [0.15, 0.2) is 72.9 Å². The zero-order valence-electron chi connectivity index (χ0n) is 19.2. The molecule has 0 bridgehead atoms. The van der Waals surface area contributed by atoms with Crippen molar-refractivity contribution >= 4 is 34.6 Å². The molecule has 1 aliphatic rings. The second kappa shape index (κ2) is 8.78. The largest absolute Gasteiger partial charge is 0.506 e. The van der Waals surface area contributed by atoms with Gasteiger partial charge >= 0.3 is 0 Å². The lowest BCUT2D eigenvalue weighted by Crippen LogP contribution is -2.29. The Labute approximate surface area is 209 Å². The van der Waals surface area contributed by atoms with Crippen molar-refractivity contribution in [3.8, 4) is 11.4 Å². The summed E-state index contributed by atoms with van der Waals surface area (Å²) in [7, 11) is 0. The number of nitrogens with one attached hydrogen (secondary N) is 1. The summed E-state index contributed by atoms with van der Waals surface area (Å²) in [5.74, 6) is 0.180. The van der Waals surface area contributed by atoms with E-state index < -0.39 is 0 Å². The van der Waals surface area contributed by atoms with Crippen LogP contribution in [0.5, 0.6) is 5.75 Å². The molecule has 1 fully saturated rings. The van der Waals surface area contributed by atoms with E-state index in [-0.39, 0.29) is 17.8 Å². The second-order valence-electron chi connectivity index (χ2n) is 8.51. The first kappa shape index (κ1) is 22.4. The predicted molar refractivity (Wildman–Crippen MR) is 141 cm³/mol. The summed E-state index contributed by atoms with van der Waals surface area (Å²) < 4.78 is 2.23. The first-order valence-electron chi connectivity index (χ1n) is 11.1. The smallest absolute Gasteiger partial charge is 0.174 e. The summed E-state index contributed by atoms with van der Waals surface area (Å²) in [5, 5.41) is 15.5. The molecule has 1 aliphatic heterocycles. The van der Waals surface area contributed by atoms with E-state index in [1.165, 1.54) is 0 Å². The zero-order chi connectivity index (χ0) is 24.0. The third-order valence-corrected chi connectivity index (χ3v) is 7.16. The number of phenolic OH excluding ortho intramolecular Hbond substituents is 1. The van der Waals surface area contributed by atoms with Gasteiger partial charge in [-0.3, -0.25) is 4.98 Å². The number of halogens is 1. The maximum absolute atomic E-state index is 10.8. The molecule has 2 N–H and O–H groups in total. The Kier molecular flexibility index (Phi) is 5.80. The van der Waals surface area contributed by atoms with Crippen LogP contribution >= 0.6 is 23.8 Å². The number of hydrogen-bond donors (Lipinski definition) is 2. The van der Waals surface area contributed by atoms with Gasteiger partial charge in [0.2, 0.25) is 0 Å². The standard InChI is InChI=1S/C27H25ClN4OS/c1-16-17(2)31(20-10-8-9-19(28)15-20)18(3)24(16)26-25(21-11-6-7-14-29-21)30-27(34)32(26)22-12-4-5-13-23(22)33/h4-15,25-26,33H,1-3H3,(H,30,34)/t25-,26-/m1/s1. The van der Waals surface area contributed by atoms with Gasteiger partial charge in [-0.1, -0.05) is 35.9 Å². The van der Waals surface area contributed by atoms with Crippen molar-refractivity contribution < 1.29 is 5.11 Å². The maximum Gasteiger partial charge on any atom is 0.174 e. The summed E-state index contributed by atoms with van der Waals surface area (Å²) in [6.07, 6.45) is 1.79. The van der Waals surface area contributed by atoms with Crippen molar-refractivity contribution in [1.82, 2.24) is 14.9 Å². The minimum absolute atomic E-state index is 0.180. The number of benzene rings is 2. The number of hydrogen-bond acceptors (Lipinski definition) is 3. The molecule has 0 unspecified atom stereocenters. The fraction of sp³-hybridized carbons (Fsp3) is 0.185. The quantitative estimate of drug-likeness (QED) is 0.328. The van der Waals surface area contributed by atoms with Crippen LogP contribution in [-0.4, -0.2) is 19.8 Å². The third kappa shape index (κ3) is 3.63. The van der Waals surface area contributed by atoms with Crippen LogP contribution in [0.3, 0.4) is 0 Å². The molecule has 172 valence electrons. The number of anilines is 1. The third-order valence-electron chi connectivity index (χ3n) is 6.61. The zero-order valence-corrected chi connectivity index (χ0v) is 20.7. The predicted octanol–water partition coefficient (Wildman–Crippen LogP) is 6.33. The SMILES string of the molecule is Cc1c([C@@H]2[C@@H](c3ccccn3)NC(=S)N2c2ccccc2O)c(C)n(-c2cccc(Cl)c2)c1C. The molecule has 0 aliphatic carbocycles. The van der Waals surface area contributed by atoms with Crippen LogP contribution in [0.2, 0.25) is 5.02 Å². The number of nitrogens with zero attached hydrogens (tertiary/aromatic N) is 3. The minimum Gasteiger partial charge on any atom is -0.506 e. The fourth-order valence-electron chi connectivity index (χ4n) is 5.02. The highest BCUT2D eigenvalue weighted by molar-refractivity contribution is 7.80. The van der Waals surface area contributed by atoms with Crippen molar-refractivity contribution in [1.29, 1.82) is 0 Å². The lowest BCUT2D eigenvalue weighted by atomic mass is 9.93. The van der Waals surface area contributed by atoms with E-state index in [1.807, 2.05) is 59.5 Å². The Hall–Kier alpha value is -3.35. The number of aromatic nitrogens is 2. The van der Waals surface area contributed by atoms with Crippen LogP contribution in [0.4, 0.5) is 5.69 Å². The number of aromatic hydroxyl groups is 1. The summed E-state index contributed by atoms with van der Waals surface area (Å²) in [5.41, 5.74) is 7.09. The molecule has 5 nitrogen and oxygen atoms in total. The van der Waals surface area contributed by atoms with Gasteiger partial charge in [0.1, 0.15) is 5.75 Å². The molecular formula is C27H25ClN4OS. The molecule has 0 amide bonds. The first-order chi connectivity index (χ1) is 16.4. The van der Waals surface area contributed by atoms with Gasteiger partial charge in [-0.25, -0.2) is 0 Å². The highest BCUT2D eigenvalue weighted by Gasteiger charge is 2.44. The molecule has 2 aromatic heterocycles. The van der Waals surface area contributed by atoms with Gasteiger partial charge < -0.3 is 19.9 Å². The van der Waals surface area contributed by atoms with Gasteiger partial charge in [-0.2, -0.15) is 0 Å². The van der Waals surface area contributed by atoms with Gasteiger partial charge in [0.25, 0.3) is 0 Å². The van der Waals surface area contributed by atoms with Gasteiger partial charge in [0.05, 0.1) is 23.5 Å². The highest BCUT2D eigenvalue weighted by Crippen LogP contribution is 2.47. The Morgan fingerprint density at radius 3 is 2.44 bits per heavy atom. The molecular weight excluding hydrogens is 464 g/mol. The molecule has 0 radical (unpaired) electrons. The molecule has 0 saturated carbocycles. The second-order valence-corrected chi connectivity index (χ2v) is 9.33. The van der Waals surface area contributed by atoms with Crippen LogP contribution < -0.4 is 10.2 Å². The number of pyridine rings is 1. The first-order valence-corrected chi connectivity index (χ1v) is 11.9. The lowest BCUT2D eigenvalue weighted by molar-refractivity contribution is 0.472. The number of rotatable bonds is 4. The molecule has 0 spiro atoms. The van der Waals surface area contributed by atoms with Crippen molar-refractivity contribution in [3.05, 3.63) is 106 Å². The van der Waals surface area contributed by atoms with E-state index in [1.54, 1.807) is 12.3 Å². The van der Waals surface area contributed by atoms with Crippen LogP contribution in [-0.2, 0) is 0 Å². The molecule has 3 heterocycles. The van der Waals surface area contributed by atoms with Crippen LogP contribution in [0, 0.1) is 20.8 Å². The van der Waals surface area contributed by atoms with Crippen molar-refractivity contribution in [2.75, 3.05) is 4.90 Å². The molecule has 2 atom stereocenters. The topological polar surface area (TPSA) is 53.3 Å². The van der Waals surface area contributed by atoms with Gasteiger partial charge in [-0.05, 0) is 81.0 Å². The lowest BCUT2D eigenvalue weighted by Gasteiger charge is -2.29. The van der Waals surface area contributed by atoms with Gasteiger partial charge in [0, 0.05) is 33.9 Å². The number of para-hydroxylation sites is 2. The summed E-state index contributed by atoms with van der Waals surface area (Å²) in [6.45, 7) is 6.38. The Bertz CT molecular complexity index is 1380. The summed E-state index contributed by atoms with van der Waals surface area (Å²) in [6, 6.07) is 20.7. The van der Waals surface area contributed by atoms with Crippen LogP contribution in [0.1, 0.15) is 40.3 Å². The molecule has 4 aromatic rings. The van der Waals surface area contributed by atoms with E-state index in [4.69, 9.17) is 23.8 Å². The van der Waals surface area contributed by atoms with Crippen LogP contribution in [0.25, 0.3) is 5.69 Å². The average molecular weight is 489 g/mol. The van der Waals surface area contributed by atoms with E-state index in [9.17, 15) is 5.11 Å². The molecule has 7 heteroatoms. The summed E-state index contributed by atoms with van der Waals surface area (Å²) >= 11 is 12.2. The van der Waals surface area contributed by atoms with Gasteiger partial charge in [-0.15, -0.1) is 0 Å². The molecule has 2 aromatic carbocycles. The molecule has 1 saturated heterocycles. The highest BCUT2D eigenvalue weighted by atomic mass is 35.5. The monoisotopic (exact) mass is 488 g/mol.